The van der Waals surface area contributed by atoms with Crippen LogP contribution < -0.4 is 5.32 Å². The van der Waals surface area contributed by atoms with Crippen LogP contribution in [0.2, 0.25) is 0 Å². The molecule has 0 radical (unpaired) electrons. The summed E-state index contributed by atoms with van der Waals surface area (Å²) in [6.07, 6.45) is -3.02. The summed E-state index contributed by atoms with van der Waals surface area (Å²) in [6, 6.07) is 14.5. The molecule has 154 valence electrons. The molecule has 0 aliphatic rings. The molecule has 0 saturated heterocycles. The lowest BCUT2D eigenvalue weighted by Gasteiger charge is -2.03. The van der Waals surface area contributed by atoms with Crippen LogP contribution >= 0.6 is 11.3 Å². The molecule has 0 spiro atoms. The second kappa shape index (κ2) is 8.11. The highest BCUT2D eigenvalue weighted by Crippen LogP contribution is 2.31. The summed E-state index contributed by atoms with van der Waals surface area (Å²) in [4.78, 5) is 16.9. The van der Waals surface area contributed by atoms with E-state index in [1.54, 1.807) is 29.1 Å². The van der Waals surface area contributed by atoms with E-state index in [1.165, 1.54) is 11.3 Å². The van der Waals surface area contributed by atoms with Gasteiger partial charge in [0.25, 0.3) is 5.91 Å². The van der Waals surface area contributed by atoms with E-state index < -0.39 is 12.1 Å². The highest BCUT2D eigenvalue weighted by Gasteiger charge is 2.38. The van der Waals surface area contributed by atoms with E-state index in [0.717, 1.165) is 10.4 Å². The first kappa shape index (κ1) is 19.8. The van der Waals surface area contributed by atoms with Crippen LogP contribution in [0.15, 0.2) is 59.3 Å². The minimum absolute atomic E-state index is 0.125. The molecular formula is C19H14F3N5O2S. The molecule has 0 aliphatic heterocycles. The highest BCUT2D eigenvalue weighted by molar-refractivity contribution is 7.15. The summed E-state index contributed by atoms with van der Waals surface area (Å²) in [5, 5.41) is 10.4. The van der Waals surface area contributed by atoms with Gasteiger partial charge in [0.05, 0.1) is 11.4 Å². The molecule has 0 bridgehead atoms. The lowest BCUT2D eigenvalue weighted by Crippen LogP contribution is -2.23. The number of aromatic nitrogens is 4. The Bertz CT molecular complexity index is 1150. The van der Waals surface area contributed by atoms with Crippen LogP contribution in [0.1, 0.15) is 26.8 Å². The van der Waals surface area contributed by atoms with Gasteiger partial charge in [-0.1, -0.05) is 35.5 Å². The first-order chi connectivity index (χ1) is 14.4. The Labute approximate surface area is 172 Å². The third-order valence-electron chi connectivity index (χ3n) is 4.04. The van der Waals surface area contributed by atoms with Crippen LogP contribution in [-0.2, 0) is 19.3 Å². The molecule has 4 rings (SSSR count). The van der Waals surface area contributed by atoms with Crippen molar-refractivity contribution in [2.75, 3.05) is 0 Å². The number of carbonyl (C=O) groups excluding carboxylic acids is 1. The van der Waals surface area contributed by atoms with Gasteiger partial charge in [0, 0.05) is 17.6 Å². The molecule has 0 fully saturated rings. The molecule has 3 heterocycles. The molecule has 3 aromatic heterocycles. The summed E-state index contributed by atoms with van der Waals surface area (Å²) < 4.78 is 43.6. The zero-order chi connectivity index (χ0) is 21.1. The van der Waals surface area contributed by atoms with Gasteiger partial charge in [0.15, 0.2) is 0 Å². The number of carbonyl (C=O) groups is 1. The zero-order valence-electron chi connectivity index (χ0n) is 15.3. The number of amides is 1. The Morgan fingerprint density at radius 3 is 2.67 bits per heavy atom. The Balaban J connectivity index is 1.38. The normalized spacial score (nSPS) is 11.6. The van der Waals surface area contributed by atoms with Gasteiger partial charge in [-0.05, 0) is 23.8 Å². The topological polar surface area (TPSA) is 85.8 Å². The molecule has 0 atom stereocenters. The summed E-state index contributed by atoms with van der Waals surface area (Å²) in [5.41, 5.74) is 1.25. The van der Waals surface area contributed by atoms with Gasteiger partial charge in [0.2, 0.25) is 5.82 Å². The number of rotatable bonds is 6. The number of benzene rings is 1. The van der Waals surface area contributed by atoms with E-state index >= 15 is 0 Å². The lowest BCUT2D eigenvalue weighted by atomic mass is 10.2. The van der Waals surface area contributed by atoms with Crippen LogP contribution in [0.3, 0.4) is 0 Å². The predicted octanol–water partition coefficient (Wildman–Crippen LogP) is 3.99. The fraction of sp³-hybridized carbons (Fsp3) is 0.158. The smallest absolute Gasteiger partial charge is 0.347 e. The van der Waals surface area contributed by atoms with Gasteiger partial charge >= 0.3 is 12.1 Å². The number of thiophene rings is 1. The first-order valence-electron chi connectivity index (χ1n) is 8.74. The standard InChI is InChI=1S/C19H14F3N5O2S/c20-19(21,22)18-24-16(26-29-18)15-7-6-13(30-15)11-27-9-8-14(25-27)17(28)23-10-12-4-2-1-3-5-12/h1-9H,10-11H2,(H,23,28). The largest absolute Gasteiger partial charge is 0.471 e. The third kappa shape index (κ3) is 4.57. The van der Waals surface area contributed by atoms with Crippen molar-refractivity contribution in [3.8, 4) is 10.7 Å². The molecule has 1 aromatic carbocycles. The van der Waals surface area contributed by atoms with Crippen molar-refractivity contribution in [1.82, 2.24) is 25.2 Å². The number of nitrogens with zero attached hydrogens (tertiary/aromatic N) is 4. The van der Waals surface area contributed by atoms with Crippen molar-refractivity contribution in [1.29, 1.82) is 0 Å². The minimum atomic E-state index is -4.68. The Hall–Kier alpha value is -3.47. The lowest BCUT2D eigenvalue weighted by molar-refractivity contribution is -0.159. The summed E-state index contributed by atoms with van der Waals surface area (Å²) in [6.45, 7) is 0.742. The summed E-state index contributed by atoms with van der Waals surface area (Å²) in [5.74, 6) is -1.80. The molecule has 4 aromatic rings. The van der Waals surface area contributed by atoms with Crippen molar-refractivity contribution in [2.24, 2.45) is 0 Å². The summed E-state index contributed by atoms with van der Waals surface area (Å²) >= 11 is 1.22. The van der Waals surface area contributed by atoms with Gasteiger partial charge in [0.1, 0.15) is 5.69 Å². The van der Waals surface area contributed by atoms with Gasteiger partial charge in [-0.2, -0.15) is 23.3 Å². The van der Waals surface area contributed by atoms with E-state index in [-0.39, 0.29) is 17.4 Å². The molecule has 11 heteroatoms. The molecular weight excluding hydrogens is 419 g/mol. The van der Waals surface area contributed by atoms with Crippen LogP contribution in [0.25, 0.3) is 10.7 Å². The van der Waals surface area contributed by atoms with E-state index in [2.05, 4.69) is 25.1 Å². The van der Waals surface area contributed by atoms with Gasteiger partial charge in [-0.25, -0.2) is 0 Å². The highest BCUT2D eigenvalue weighted by atomic mass is 32.1. The van der Waals surface area contributed by atoms with E-state index in [1.807, 2.05) is 30.3 Å². The maximum absolute atomic E-state index is 12.6. The maximum atomic E-state index is 12.6. The number of nitrogens with one attached hydrogen (secondary N) is 1. The fourth-order valence-electron chi connectivity index (χ4n) is 2.62. The Morgan fingerprint density at radius 1 is 1.13 bits per heavy atom. The summed E-state index contributed by atoms with van der Waals surface area (Å²) in [7, 11) is 0. The van der Waals surface area contributed by atoms with Crippen LogP contribution in [0.4, 0.5) is 13.2 Å². The van der Waals surface area contributed by atoms with E-state index in [9.17, 15) is 18.0 Å². The number of hydrogen-bond acceptors (Lipinski definition) is 6. The molecule has 30 heavy (non-hydrogen) atoms. The van der Waals surface area contributed by atoms with Crippen molar-refractivity contribution >= 4 is 17.2 Å². The number of alkyl halides is 3. The molecule has 0 aliphatic carbocycles. The quantitative estimate of drug-likeness (QED) is 0.497. The number of halogens is 3. The monoisotopic (exact) mass is 433 g/mol. The van der Waals surface area contributed by atoms with Crippen molar-refractivity contribution in [2.45, 2.75) is 19.3 Å². The molecule has 0 saturated carbocycles. The predicted molar refractivity (Wildman–Crippen MR) is 102 cm³/mol. The molecule has 1 N–H and O–H groups in total. The van der Waals surface area contributed by atoms with Crippen LogP contribution in [0, 0.1) is 0 Å². The van der Waals surface area contributed by atoms with E-state index in [0.29, 0.717) is 18.0 Å². The Kier molecular flexibility index (Phi) is 5.36. The van der Waals surface area contributed by atoms with Gasteiger partial charge in [-0.15, -0.1) is 11.3 Å². The van der Waals surface area contributed by atoms with Crippen molar-refractivity contribution in [3.05, 3.63) is 76.8 Å². The van der Waals surface area contributed by atoms with Crippen LogP contribution in [0.5, 0.6) is 0 Å². The van der Waals surface area contributed by atoms with E-state index in [4.69, 9.17) is 0 Å². The molecule has 0 unspecified atom stereocenters. The van der Waals surface area contributed by atoms with Crippen LogP contribution in [-0.4, -0.2) is 25.8 Å². The molecule has 7 nitrogen and oxygen atoms in total. The fourth-order valence-corrected chi connectivity index (χ4v) is 3.55. The second-order valence-corrected chi connectivity index (χ2v) is 7.42. The molecule has 1 amide bonds. The second-order valence-electron chi connectivity index (χ2n) is 6.25. The average Bonchev–Trinajstić information content (AvgIpc) is 3.47. The zero-order valence-corrected chi connectivity index (χ0v) is 16.1. The van der Waals surface area contributed by atoms with Gasteiger partial charge < -0.3 is 9.84 Å². The number of hydrogen-bond donors (Lipinski definition) is 1. The maximum Gasteiger partial charge on any atom is 0.471 e. The van der Waals surface area contributed by atoms with Gasteiger partial charge in [-0.3, -0.25) is 9.48 Å². The average molecular weight is 433 g/mol. The van der Waals surface area contributed by atoms with Crippen molar-refractivity contribution in [3.63, 3.8) is 0 Å². The first-order valence-corrected chi connectivity index (χ1v) is 9.56. The minimum Gasteiger partial charge on any atom is -0.347 e. The SMILES string of the molecule is O=C(NCc1ccccc1)c1ccn(Cc2ccc(-c3noc(C(F)(F)F)n3)s2)n1. The van der Waals surface area contributed by atoms with Crippen molar-refractivity contribution < 1.29 is 22.5 Å². The third-order valence-corrected chi connectivity index (χ3v) is 5.10. The Morgan fingerprint density at radius 2 is 1.93 bits per heavy atom.